The highest BCUT2D eigenvalue weighted by Gasteiger charge is 2.17. The normalized spacial score (nSPS) is 10.0. The van der Waals surface area contributed by atoms with E-state index < -0.39 is 5.97 Å². The summed E-state index contributed by atoms with van der Waals surface area (Å²) in [5.41, 5.74) is 0.567. The van der Waals surface area contributed by atoms with Crippen LogP contribution in [0.5, 0.6) is 0 Å². The average Bonchev–Trinajstić information content (AvgIpc) is 2.71. The molecular weight excluding hydrogens is 284 g/mol. The van der Waals surface area contributed by atoms with Gasteiger partial charge in [-0.15, -0.1) is 18.3 Å². The van der Waals surface area contributed by atoms with E-state index in [-0.39, 0.29) is 5.91 Å². The number of thiazole rings is 1. The summed E-state index contributed by atoms with van der Waals surface area (Å²) in [7, 11) is 0. The van der Waals surface area contributed by atoms with Crippen LogP contribution in [0.15, 0.2) is 12.7 Å². The minimum atomic E-state index is -0.404. The zero-order chi connectivity index (χ0) is 14.3. The number of hydrogen-bond acceptors (Lipinski definition) is 6. The van der Waals surface area contributed by atoms with Crippen molar-refractivity contribution in [3.05, 3.63) is 23.2 Å². The summed E-state index contributed by atoms with van der Waals surface area (Å²) in [6.45, 7) is 7.35. The third kappa shape index (κ3) is 5.04. The van der Waals surface area contributed by atoms with Crippen molar-refractivity contribution in [1.29, 1.82) is 0 Å². The number of carbonyl (C=O) groups excluding carboxylic acids is 2. The molecule has 104 valence electrons. The van der Waals surface area contributed by atoms with E-state index in [1.807, 2.05) is 0 Å². The average molecular weight is 300 g/mol. The number of anilines is 1. The molecule has 0 aromatic carbocycles. The van der Waals surface area contributed by atoms with Gasteiger partial charge in [0.05, 0.1) is 18.1 Å². The minimum absolute atomic E-state index is 0.143. The van der Waals surface area contributed by atoms with Gasteiger partial charge in [-0.2, -0.15) is 0 Å². The summed E-state index contributed by atoms with van der Waals surface area (Å²) < 4.78 is 4.91. The van der Waals surface area contributed by atoms with Crippen LogP contribution in [-0.2, 0) is 9.53 Å². The highest BCUT2D eigenvalue weighted by Crippen LogP contribution is 2.23. The molecule has 1 amide bonds. The Labute approximate surface area is 120 Å². The highest BCUT2D eigenvalue weighted by molar-refractivity contribution is 8.00. The number of hydrogen-bond donors (Lipinski definition) is 1. The number of aromatic nitrogens is 1. The van der Waals surface area contributed by atoms with E-state index in [1.54, 1.807) is 19.9 Å². The van der Waals surface area contributed by atoms with Crippen LogP contribution in [-0.4, -0.2) is 35.0 Å². The molecule has 0 radical (unpaired) electrons. The van der Waals surface area contributed by atoms with Crippen LogP contribution < -0.4 is 5.32 Å². The number of rotatable bonds is 7. The van der Waals surface area contributed by atoms with Crippen LogP contribution in [0.4, 0.5) is 5.13 Å². The van der Waals surface area contributed by atoms with Gasteiger partial charge in [-0.3, -0.25) is 4.79 Å². The largest absolute Gasteiger partial charge is 0.462 e. The van der Waals surface area contributed by atoms with Crippen molar-refractivity contribution in [1.82, 2.24) is 4.98 Å². The number of ether oxygens (including phenoxy) is 1. The van der Waals surface area contributed by atoms with E-state index in [0.29, 0.717) is 28.1 Å². The molecule has 0 aliphatic heterocycles. The SMILES string of the molecule is C=CCSCC(=O)Nc1nc(C)c(C(=O)OCC)s1. The lowest BCUT2D eigenvalue weighted by Gasteiger charge is -1.99. The summed E-state index contributed by atoms with van der Waals surface area (Å²) in [6, 6.07) is 0. The third-order valence-corrected chi connectivity index (χ3v) is 3.96. The highest BCUT2D eigenvalue weighted by atomic mass is 32.2. The first-order valence-corrected chi connectivity index (χ1v) is 7.68. The fourth-order valence-electron chi connectivity index (χ4n) is 1.23. The van der Waals surface area contributed by atoms with E-state index in [1.165, 1.54) is 11.8 Å². The lowest BCUT2D eigenvalue weighted by Crippen LogP contribution is -2.13. The van der Waals surface area contributed by atoms with Crippen molar-refractivity contribution in [2.24, 2.45) is 0 Å². The van der Waals surface area contributed by atoms with Gasteiger partial charge in [0.2, 0.25) is 5.91 Å². The summed E-state index contributed by atoms with van der Waals surface area (Å²) in [4.78, 5) is 27.7. The molecule has 0 saturated heterocycles. The van der Waals surface area contributed by atoms with Crippen LogP contribution in [0.25, 0.3) is 0 Å². The smallest absolute Gasteiger partial charge is 0.350 e. The molecule has 1 heterocycles. The Morgan fingerprint density at radius 2 is 2.32 bits per heavy atom. The molecule has 7 heteroatoms. The second-order valence-corrected chi connectivity index (χ2v) is 5.54. The van der Waals surface area contributed by atoms with Crippen LogP contribution in [0.3, 0.4) is 0 Å². The van der Waals surface area contributed by atoms with E-state index in [2.05, 4.69) is 16.9 Å². The Bertz CT molecular complexity index is 472. The number of aryl methyl sites for hydroxylation is 1. The third-order valence-electron chi connectivity index (χ3n) is 1.97. The van der Waals surface area contributed by atoms with E-state index in [4.69, 9.17) is 4.74 Å². The molecule has 0 spiro atoms. The topological polar surface area (TPSA) is 68.3 Å². The van der Waals surface area contributed by atoms with E-state index in [0.717, 1.165) is 17.1 Å². The van der Waals surface area contributed by atoms with Gasteiger partial charge in [0.25, 0.3) is 0 Å². The van der Waals surface area contributed by atoms with Crippen LogP contribution in [0, 0.1) is 6.92 Å². The fraction of sp³-hybridized carbons (Fsp3) is 0.417. The van der Waals surface area contributed by atoms with Gasteiger partial charge in [-0.25, -0.2) is 9.78 Å². The molecule has 0 atom stereocenters. The van der Waals surface area contributed by atoms with Crippen molar-refractivity contribution in [2.75, 3.05) is 23.4 Å². The number of thioether (sulfide) groups is 1. The van der Waals surface area contributed by atoms with Gasteiger partial charge >= 0.3 is 5.97 Å². The molecule has 19 heavy (non-hydrogen) atoms. The van der Waals surface area contributed by atoms with Crippen LogP contribution in [0.1, 0.15) is 22.3 Å². The Kier molecular flexibility index (Phi) is 6.58. The molecule has 0 fully saturated rings. The van der Waals surface area contributed by atoms with Crippen LogP contribution >= 0.6 is 23.1 Å². The number of carbonyl (C=O) groups is 2. The zero-order valence-electron chi connectivity index (χ0n) is 10.9. The zero-order valence-corrected chi connectivity index (χ0v) is 12.5. The molecule has 0 unspecified atom stereocenters. The maximum Gasteiger partial charge on any atom is 0.350 e. The first-order valence-electron chi connectivity index (χ1n) is 5.71. The second kappa shape index (κ2) is 7.96. The van der Waals surface area contributed by atoms with Crippen molar-refractivity contribution in [3.8, 4) is 0 Å². The van der Waals surface area contributed by atoms with E-state index >= 15 is 0 Å². The van der Waals surface area contributed by atoms with Crippen molar-refractivity contribution < 1.29 is 14.3 Å². The van der Waals surface area contributed by atoms with E-state index in [9.17, 15) is 9.59 Å². The molecule has 1 aromatic heterocycles. The monoisotopic (exact) mass is 300 g/mol. The van der Waals surface area contributed by atoms with Gasteiger partial charge < -0.3 is 10.1 Å². The summed E-state index contributed by atoms with van der Waals surface area (Å²) in [6.07, 6.45) is 1.74. The molecule has 0 aliphatic rings. The quantitative estimate of drug-likeness (QED) is 0.476. The molecule has 0 bridgehead atoms. The van der Waals surface area contributed by atoms with Gasteiger partial charge in [-0.1, -0.05) is 17.4 Å². The lowest BCUT2D eigenvalue weighted by atomic mass is 10.4. The Morgan fingerprint density at radius 3 is 2.95 bits per heavy atom. The maximum absolute atomic E-state index is 11.6. The predicted molar refractivity (Wildman–Crippen MR) is 79.0 cm³/mol. The fourth-order valence-corrected chi connectivity index (χ4v) is 2.64. The molecule has 0 saturated carbocycles. The van der Waals surface area contributed by atoms with Gasteiger partial charge in [-0.05, 0) is 13.8 Å². The molecule has 1 aromatic rings. The second-order valence-electron chi connectivity index (χ2n) is 3.51. The first-order chi connectivity index (χ1) is 9.08. The summed E-state index contributed by atoms with van der Waals surface area (Å²) in [5, 5.41) is 3.09. The van der Waals surface area contributed by atoms with Crippen molar-refractivity contribution >= 4 is 40.1 Å². The van der Waals surface area contributed by atoms with Gasteiger partial charge in [0, 0.05) is 5.75 Å². The van der Waals surface area contributed by atoms with Crippen molar-refractivity contribution in [2.45, 2.75) is 13.8 Å². The molecule has 1 rings (SSSR count). The van der Waals surface area contributed by atoms with Gasteiger partial charge in [0.1, 0.15) is 4.88 Å². The number of nitrogens with one attached hydrogen (secondary N) is 1. The van der Waals surface area contributed by atoms with Crippen molar-refractivity contribution in [3.63, 3.8) is 0 Å². The molecule has 1 N–H and O–H groups in total. The first kappa shape index (κ1) is 15.7. The molecular formula is C12H16N2O3S2. The Balaban J connectivity index is 2.60. The Hall–Kier alpha value is -1.34. The number of esters is 1. The lowest BCUT2D eigenvalue weighted by molar-refractivity contribution is -0.113. The minimum Gasteiger partial charge on any atom is -0.462 e. The Morgan fingerprint density at radius 1 is 1.58 bits per heavy atom. The summed E-state index contributed by atoms with van der Waals surface area (Å²) in [5.74, 6) is 0.507. The molecule has 0 aliphatic carbocycles. The number of amides is 1. The van der Waals surface area contributed by atoms with Crippen LogP contribution in [0.2, 0.25) is 0 Å². The standard InChI is InChI=1S/C12H16N2O3S2/c1-4-6-18-7-9(15)14-12-13-8(3)10(19-12)11(16)17-5-2/h4H,1,5-7H2,2-3H3,(H,13,14,15). The summed E-state index contributed by atoms with van der Waals surface area (Å²) >= 11 is 2.59. The molecule has 5 nitrogen and oxygen atoms in total. The number of nitrogens with zero attached hydrogens (tertiary/aromatic N) is 1. The predicted octanol–water partition coefficient (Wildman–Crippen LogP) is 2.49. The maximum atomic E-state index is 11.6. The van der Waals surface area contributed by atoms with Gasteiger partial charge in [0.15, 0.2) is 5.13 Å².